The summed E-state index contributed by atoms with van der Waals surface area (Å²) in [5.41, 5.74) is 5.51. The van der Waals surface area contributed by atoms with Gasteiger partial charge in [0.2, 0.25) is 0 Å². The lowest BCUT2D eigenvalue weighted by atomic mass is 9.83. The van der Waals surface area contributed by atoms with Gasteiger partial charge in [-0.15, -0.1) is 0 Å². The largest absolute Gasteiger partial charge is 0.466 e. The Balaban J connectivity index is 1.98. The van der Waals surface area contributed by atoms with Crippen LogP contribution in [0.5, 0.6) is 0 Å². The first-order valence-electron chi connectivity index (χ1n) is 5.92. The molecule has 3 heteroatoms. The van der Waals surface area contributed by atoms with Crippen molar-refractivity contribution in [3.63, 3.8) is 0 Å². The molecule has 1 aliphatic carbocycles. The van der Waals surface area contributed by atoms with E-state index >= 15 is 0 Å². The zero-order valence-electron chi connectivity index (χ0n) is 9.92. The van der Waals surface area contributed by atoms with E-state index in [9.17, 15) is 4.79 Å². The van der Waals surface area contributed by atoms with E-state index in [4.69, 9.17) is 10.5 Å². The maximum atomic E-state index is 11.3. The second-order valence-corrected chi connectivity index (χ2v) is 5.29. The summed E-state index contributed by atoms with van der Waals surface area (Å²) in [6.07, 6.45) is 6.14. The summed E-state index contributed by atoms with van der Waals surface area (Å²) in [6, 6.07) is 0. The van der Waals surface area contributed by atoms with E-state index in [0.29, 0.717) is 19.4 Å². The summed E-state index contributed by atoms with van der Waals surface area (Å²) in [6.45, 7) is 4.44. The van der Waals surface area contributed by atoms with Gasteiger partial charge in [-0.25, -0.2) is 0 Å². The Morgan fingerprint density at radius 2 is 2.13 bits per heavy atom. The molecule has 0 aliphatic heterocycles. The van der Waals surface area contributed by atoms with Gasteiger partial charge < -0.3 is 10.5 Å². The predicted molar refractivity (Wildman–Crippen MR) is 60.4 cm³/mol. The number of rotatable bonds is 6. The standard InChI is InChI=1S/C12H23NO2/c1-12(2,13)8-6-11(14)15-9-7-10-4-3-5-10/h10H,3-9,13H2,1-2H3. The lowest BCUT2D eigenvalue weighted by Crippen LogP contribution is -2.32. The first-order valence-corrected chi connectivity index (χ1v) is 5.92. The molecule has 0 atom stereocenters. The smallest absolute Gasteiger partial charge is 0.305 e. The maximum Gasteiger partial charge on any atom is 0.305 e. The molecule has 0 saturated heterocycles. The molecule has 0 amide bonds. The lowest BCUT2D eigenvalue weighted by Gasteiger charge is -2.24. The molecule has 1 aliphatic rings. The number of hydrogen-bond acceptors (Lipinski definition) is 3. The Bertz CT molecular complexity index is 204. The zero-order chi connectivity index (χ0) is 11.3. The summed E-state index contributed by atoms with van der Waals surface area (Å²) in [5.74, 6) is 0.705. The van der Waals surface area contributed by atoms with Crippen LogP contribution in [-0.2, 0) is 9.53 Å². The molecule has 0 radical (unpaired) electrons. The molecule has 1 fully saturated rings. The molecule has 0 heterocycles. The van der Waals surface area contributed by atoms with Gasteiger partial charge in [0.1, 0.15) is 0 Å². The molecule has 3 nitrogen and oxygen atoms in total. The maximum absolute atomic E-state index is 11.3. The lowest BCUT2D eigenvalue weighted by molar-refractivity contribution is -0.144. The second kappa shape index (κ2) is 5.50. The Kier molecular flexibility index (Phi) is 4.58. The average molecular weight is 213 g/mol. The molecule has 1 rings (SSSR count). The summed E-state index contributed by atoms with van der Waals surface area (Å²) in [5, 5.41) is 0. The number of nitrogens with two attached hydrogens (primary N) is 1. The number of carbonyl (C=O) groups is 1. The molecule has 0 aromatic carbocycles. The van der Waals surface area contributed by atoms with Crippen LogP contribution in [0.15, 0.2) is 0 Å². The predicted octanol–water partition coefficient (Wildman–Crippen LogP) is 2.24. The van der Waals surface area contributed by atoms with Crippen molar-refractivity contribution in [3.8, 4) is 0 Å². The van der Waals surface area contributed by atoms with Gasteiger partial charge in [0.25, 0.3) is 0 Å². The van der Waals surface area contributed by atoms with Crippen molar-refractivity contribution >= 4 is 5.97 Å². The van der Waals surface area contributed by atoms with Gasteiger partial charge in [-0.2, -0.15) is 0 Å². The Labute approximate surface area is 92.4 Å². The van der Waals surface area contributed by atoms with E-state index in [1.54, 1.807) is 0 Å². The molecular weight excluding hydrogens is 190 g/mol. The summed E-state index contributed by atoms with van der Waals surface area (Å²) >= 11 is 0. The minimum atomic E-state index is -0.271. The Hall–Kier alpha value is -0.570. The Morgan fingerprint density at radius 1 is 1.47 bits per heavy atom. The highest BCUT2D eigenvalue weighted by atomic mass is 16.5. The van der Waals surface area contributed by atoms with E-state index in [0.717, 1.165) is 12.3 Å². The fraction of sp³-hybridized carbons (Fsp3) is 0.917. The number of carbonyl (C=O) groups excluding carboxylic acids is 1. The fourth-order valence-electron chi connectivity index (χ4n) is 1.62. The van der Waals surface area contributed by atoms with E-state index < -0.39 is 0 Å². The van der Waals surface area contributed by atoms with Gasteiger partial charge in [-0.1, -0.05) is 19.3 Å². The molecule has 1 saturated carbocycles. The van der Waals surface area contributed by atoms with Crippen LogP contribution in [-0.4, -0.2) is 18.1 Å². The SMILES string of the molecule is CC(C)(N)CCC(=O)OCCC1CCC1. The summed E-state index contributed by atoms with van der Waals surface area (Å²) < 4.78 is 5.15. The highest BCUT2D eigenvalue weighted by Gasteiger charge is 2.18. The molecular formula is C12H23NO2. The summed E-state index contributed by atoms with van der Waals surface area (Å²) in [7, 11) is 0. The van der Waals surface area contributed by atoms with Gasteiger partial charge >= 0.3 is 5.97 Å². The number of esters is 1. The van der Waals surface area contributed by atoms with Crippen LogP contribution in [0.1, 0.15) is 52.4 Å². The minimum absolute atomic E-state index is 0.104. The molecule has 0 spiro atoms. The first-order chi connectivity index (χ1) is 6.97. The van der Waals surface area contributed by atoms with Crippen LogP contribution >= 0.6 is 0 Å². The van der Waals surface area contributed by atoms with Crippen molar-refractivity contribution < 1.29 is 9.53 Å². The van der Waals surface area contributed by atoms with Crippen LogP contribution < -0.4 is 5.73 Å². The third-order valence-electron chi connectivity index (χ3n) is 2.99. The molecule has 88 valence electrons. The van der Waals surface area contributed by atoms with Crippen LogP contribution in [0.2, 0.25) is 0 Å². The van der Waals surface area contributed by atoms with E-state index in [1.165, 1.54) is 19.3 Å². The van der Waals surface area contributed by atoms with Crippen molar-refractivity contribution in [2.45, 2.75) is 57.9 Å². The minimum Gasteiger partial charge on any atom is -0.466 e. The third-order valence-corrected chi connectivity index (χ3v) is 2.99. The van der Waals surface area contributed by atoms with Crippen LogP contribution in [0.3, 0.4) is 0 Å². The molecule has 0 aromatic heterocycles. The van der Waals surface area contributed by atoms with Crippen LogP contribution in [0, 0.1) is 5.92 Å². The van der Waals surface area contributed by atoms with Crippen molar-refractivity contribution in [2.24, 2.45) is 11.7 Å². The van der Waals surface area contributed by atoms with Crippen molar-refractivity contribution in [1.82, 2.24) is 0 Å². The van der Waals surface area contributed by atoms with E-state index in [-0.39, 0.29) is 11.5 Å². The normalized spacial score (nSPS) is 17.3. The number of ether oxygens (including phenoxy) is 1. The van der Waals surface area contributed by atoms with Crippen LogP contribution in [0.25, 0.3) is 0 Å². The van der Waals surface area contributed by atoms with Gasteiger partial charge in [0.05, 0.1) is 6.61 Å². The fourth-order valence-corrected chi connectivity index (χ4v) is 1.62. The molecule has 2 N–H and O–H groups in total. The Morgan fingerprint density at radius 3 is 2.60 bits per heavy atom. The molecule has 15 heavy (non-hydrogen) atoms. The van der Waals surface area contributed by atoms with E-state index in [1.807, 2.05) is 13.8 Å². The monoisotopic (exact) mass is 213 g/mol. The molecule has 0 unspecified atom stereocenters. The zero-order valence-corrected chi connectivity index (χ0v) is 9.92. The average Bonchev–Trinajstić information content (AvgIpc) is 2.04. The quantitative estimate of drug-likeness (QED) is 0.688. The van der Waals surface area contributed by atoms with E-state index in [2.05, 4.69) is 0 Å². The van der Waals surface area contributed by atoms with Crippen LogP contribution in [0.4, 0.5) is 0 Å². The van der Waals surface area contributed by atoms with Gasteiger partial charge in [0.15, 0.2) is 0 Å². The molecule has 0 aromatic rings. The van der Waals surface area contributed by atoms with Gasteiger partial charge in [-0.3, -0.25) is 4.79 Å². The van der Waals surface area contributed by atoms with Crippen molar-refractivity contribution in [3.05, 3.63) is 0 Å². The van der Waals surface area contributed by atoms with Gasteiger partial charge in [0, 0.05) is 12.0 Å². The van der Waals surface area contributed by atoms with Crippen molar-refractivity contribution in [2.75, 3.05) is 6.61 Å². The first kappa shape index (κ1) is 12.5. The molecule has 0 bridgehead atoms. The highest BCUT2D eigenvalue weighted by Crippen LogP contribution is 2.29. The topological polar surface area (TPSA) is 52.3 Å². The van der Waals surface area contributed by atoms with Crippen molar-refractivity contribution in [1.29, 1.82) is 0 Å². The second-order valence-electron chi connectivity index (χ2n) is 5.29. The third kappa shape index (κ3) is 5.78. The number of hydrogen-bond donors (Lipinski definition) is 1. The van der Waals surface area contributed by atoms with Gasteiger partial charge in [-0.05, 0) is 32.6 Å². The summed E-state index contributed by atoms with van der Waals surface area (Å²) in [4.78, 5) is 11.3. The highest BCUT2D eigenvalue weighted by molar-refractivity contribution is 5.69.